The highest BCUT2D eigenvalue weighted by atomic mass is 15.3. The second-order valence-electron chi connectivity index (χ2n) is 4.32. The van der Waals surface area contributed by atoms with Crippen LogP contribution in [0, 0.1) is 0 Å². The van der Waals surface area contributed by atoms with Crippen LogP contribution < -0.4 is 5.32 Å². The fraction of sp³-hybridized carbons (Fsp3) is 0.667. The third kappa shape index (κ3) is 2.02. The van der Waals surface area contributed by atoms with E-state index in [1.165, 1.54) is 19.3 Å². The van der Waals surface area contributed by atoms with Crippen LogP contribution in [0.4, 0.5) is 0 Å². The van der Waals surface area contributed by atoms with Gasteiger partial charge >= 0.3 is 0 Å². The zero-order valence-corrected chi connectivity index (χ0v) is 9.06. The summed E-state index contributed by atoms with van der Waals surface area (Å²) < 4.78 is 0. The summed E-state index contributed by atoms with van der Waals surface area (Å²) in [6.07, 6.45) is 10.1. The van der Waals surface area contributed by atoms with E-state index < -0.39 is 0 Å². The van der Waals surface area contributed by atoms with Gasteiger partial charge in [0.1, 0.15) is 0 Å². The van der Waals surface area contributed by atoms with Crippen molar-refractivity contribution >= 4 is 0 Å². The van der Waals surface area contributed by atoms with Crippen LogP contribution >= 0.6 is 0 Å². The highest BCUT2D eigenvalue weighted by molar-refractivity contribution is 5.29. The van der Waals surface area contributed by atoms with Crippen LogP contribution in [0.25, 0.3) is 0 Å². The molecule has 0 radical (unpaired) electrons. The molecule has 1 nitrogen and oxygen atoms in total. The maximum Gasteiger partial charge on any atom is 0.0520 e. The van der Waals surface area contributed by atoms with Crippen molar-refractivity contribution in [2.75, 3.05) is 0 Å². The fourth-order valence-corrected chi connectivity index (χ4v) is 1.88. The zero-order valence-electron chi connectivity index (χ0n) is 9.06. The highest BCUT2D eigenvalue weighted by Crippen LogP contribution is 2.42. The molecule has 0 aromatic carbocycles. The first-order chi connectivity index (χ1) is 6.08. The molecular weight excluding hydrogens is 158 g/mol. The van der Waals surface area contributed by atoms with Gasteiger partial charge < -0.3 is 0 Å². The van der Waals surface area contributed by atoms with E-state index in [1.54, 1.807) is 0 Å². The molecule has 1 aliphatic rings. The molecule has 1 heteroatoms. The normalized spacial score (nSPS) is 38.1. The predicted molar refractivity (Wildman–Crippen MR) is 58.8 cm³/mol. The van der Waals surface area contributed by atoms with Gasteiger partial charge in [-0.2, -0.15) is 0 Å². The topological polar surface area (TPSA) is 21.9 Å². The maximum atomic E-state index is 3.86. The first kappa shape index (κ1) is 10.5. The largest absolute Gasteiger partial charge is 0.299 e. The van der Waals surface area contributed by atoms with Gasteiger partial charge in [-0.3, -0.25) is 5.32 Å². The fourth-order valence-electron chi connectivity index (χ4n) is 1.88. The first-order valence-electron chi connectivity index (χ1n) is 5.12. The van der Waals surface area contributed by atoms with Crippen molar-refractivity contribution in [1.29, 1.82) is 0 Å². The molecule has 1 N–H and O–H groups in total. The Kier molecular flexibility index (Phi) is 2.97. The molecule has 1 saturated heterocycles. The van der Waals surface area contributed by atoms with Gasteiger partial charge in [0.15, 0.2) is 0 Å². The smallest absolute Gasteiger partial charge is 0.0520 e. The standard InChI is InChI=1S/C12H21N/c1-5-7-8-9-10-12(4)11(3,6-2)13-12/h5-7,13H,2,8-10H2,1,3-4H3/b7-5-. The van der Waals surface area contributed by atoms with E-state index in [1.807, 2.05) is 6.08 Å². The molecule has 0 amide bonds. The third-order valence-corrected chi connectivity index (χ3v) is 3.31. The van der Waals surface area contributed by atoms with Gasteiger partial charge in [0.2, 0.25) is 0 Å². The van der Waals surface area contributed by atoms with Crippen molar-refractivity contribution < 1.29 is 0 Å². The summed E-state index contributed by atoms with van der Waals surface area (Å²) in [6.45, 7) is 10.4. The van der Waals surface area contributed by atoms with Gasteiger partial charge in [0, 0.05) is 5.54 Å². The molecule has 2 unspecified atom stereocenters. The van der Waals surface area contributed by atoms with Gasteiger partial charge in [-0.15, -0.1) is 6.58 Å². The Morgan fingerprint density at radius 3 is 2.54 bits per heavy atom. The monoisotopic (exact) mass is 179 g/mol. The van der Waals surface area contributed by atoms with Crippen molar-refractivity contribution in [2.45, 2.75) is 51.1 Å². The molecule has 74 valence electrons. The summed E-state index contributed by atoms with van der Waals surface area (Å²) in [5.74, 6) is 0. The van der Waals surface area contributed by atoms with Crippen LogP contribution in [0.1, 0.15) is 40.0 Å². The van der Waals surface area contributed by atoms with Crippen molar-refractivity contribution in [2.24, 2.45) is 0 Å². The number of nitrogens with one attached hydrogen (secondary N) is 1. The third-order valence-electron chi connectivity index (χ3n) is 3.31. The first-order valence-corrected chi connectivity index (χ1v) is 5.12. The molecule has 0 spiro atoms. The molecule has 1 heterocycles. The number of allylic oxidation sites excluding steroid dienone is 2. The van der Waals surface area contributed by atoms with Crippen LogP contribution in [0.5, 0.6) is 0 Å². The summed E-state index contributed by atoms with van der Waals surface area (Å²) in [7, 11) is 0. The molecule has 13 heavy (non-hydrogen) atoms. The lowest BCUT2D eigenvalue weighted by Gasteiger charge is -2.10. The molecule has 1 fully saturated rings. The Labute approximate surface area is 81.9 Å². The summed E-state index contributed by atoms with van der Waals surface area (Å²) in [4.78, 5) is 0. The Morgan fingerprint density at radius 1 is 1.38 bits per heavy atom. The van der Waals surface area contributed by atoms with E-state index >= 15 is 0 Å². The molecule has 1 aliphatic heterocycles. The summed E-state index contributed by atoms with van der Waals surface area (Å²) in [6, 6.07) is 0. The number of rotatable bonds is 5. The van der Waals surface area contributed by atoms with E-state index in [0.29, 0.717) is 5.54 Å². The maximum absolute atomic E-state index is 3.86. The number of hydrogen-bond donors (Lipinski definition) is 1. The highest BCUT2D eigenvalue weighted by Gasteiger charge is 2.57. The SMILES string of the molecule is C=CC1(C)NC1(C)CCC/C=C\C. The average molecular weight is 179 g/mol. The van der Waals surface area contributed by atoms with Gasteiger partial charge in [-0.05, 0) is 40.0 Å². The lowest BCUT2D eigenvalue weighted by molar-refractivity contribution is 0.553. The second kappa shape index (κ2) is 3.67. The molecular formula is C12H21N. The number of hydrogen-bond acceptors (Lipinski definition) is 1. The summed E-state index contributed by atoms with van der Waals surface area (Å²) >= 11 is 0. The minimum Gasteiger partial charge on any atom is -0.299 e. The Hall–Kier alpha value is -0.560. The summed E-state index contributed by atoms with van der Waals surface area (Å²) in [5, 5.41) is 3.51. The Balaban J connectivity index is 2.27. The molecule has 1 rings (SSSR count). The summed E-state index contributed by atoms with van der Waals surface area (Å²) in [5.41, 5.74) is 0.485. The van der Waals surface area contributed by atoms with E-state index in [0.717, 1.165) is 0 Å². The molecule has 0 aromatic rings. The Bertz CT molecular complexity index is 219. The Morgan fingerprint density at radius 2 is 2.08 bits per heavy atom. The van der Waals surface area contributed by atoms with Crippen LogP contribution in [0.15, 0.2) is 24.8 Å². The second-order valence-corrected chi connectivity index (χ2v) is 4.32. The minimum atomic E-state index is 0.183. The molecule has 2 atom stereocenters. The van der Waals surface area contributed by atoms with Gasteiger partial charge in [-0.25, -0.2) is 0 Å². The van der Waals surface area contributed by atoms with E-state index in [-0.39, 0.29) is 5.54 Å². The van der Waals surface area contributed by atoms with Gasteiger partial charge in [-0.1, -0.05) is 18.2 Å². The molecule has 0 aromatic heterocycles. The van der Waals surface area contributed by atoms with Gasteiger partial charge in [0.05, 0.1) is 5.54 Å². The van der Waals surface area contributed by atoms with Crippen LogP contribution in [0.2, 0.25) is 0 Å². The minimum absolute atomic E-state index is 0.183. The lowest BCUT2D eigenvalue weighted by Crippen LogP contribution is -2.17. The van der Waals surface area contributed by atoms with E-state index in [2.05, 4.69) is 44.8 Å². The van der Waals surface area contributed by atoms with Crippen molar-refractivity contribution in [3.63, 3.8) is 0 Å². The molecule has 0 bridgehead atoms. The van der Waals surface area contributed by atoms with E-state index in [9.17, 15) is 0 Å². The zero-order chi connectivity index (χ0) is 9.95. The van der Waals surface area contributed by atoms with Crippen molar-refractivity contribution in [1.82, 2.24) is 5.32 Å². The molecule has 0 saturated carbocycles. The molecule has 0 aliphatic carbocycles. The van der Waals surface area contributed by atoms with Crippen molar-refractivity contribution in [3.8, 4) is 0 Å². The predicted octanol–water partition coefficient (Wildman–Crippen LogP) is 3.04. The van der Waals surface area contributed by atoms with E-state index in [4.69, 9.17) is 0 Å². The number of unbranched alkanes of at least 4 members (excludes halogenated alkanes) is 1. The van der Waals surface area contributed by atoms with Gasteiger partial charge in [0.25, 0.3) is 0 Å². The van der Waals surface area contributed by atoms with Crippen molar-refractivity contribution in [3.05, 3.63) is 24.8 Å². The lowest BCUT2D eigenvalue weighted by atomic mass is 9.91. The average Bonchev–Trinajstić information content (AvgIpc) is 2.65. The van der Waals surface area contributed by atoms with Crippen LogP contribution in [0.3, 0.4) is 0 Å². The quantitative estimate of drug-likeness (QED) is 0.391. The van der Waals surface area contributed by atoms with Crippen LogP contribution in [-0.4, -0.2) is 11.1 Å². The van der Waals surface area contributed by atoms with Crippen LogP contribution in [-0.2, 0) is 0 Å².